The Morgan fingerprint density at radius 1 is 1.37 bits per heavy atom. The molecular weight excluding hydrogens is 236 g/mol. The van der Waals surface area contributed by atoms with Crippen LogP contribution in [0.1, 0.15) is 42.1 Å². The third-order valence-corrected chi connectivity index (χ3v) is 4.47. The molecule has 1 aromatic heterocycles. The van der Waals surface area contributed by atoms with Crippen molar-refractivity contribution in [1.82, 2.24) is 5.16 Å². The van der Waals surface area contributed by atoms with Gasteiger partial charge in [0.15, 0.2) is 0 Å². The summed E-state index contributed by atoms with van der Waals surface area (Å²) in [7, 11) is 1.92. The standard InChI is InChI=1S/C16H20N2O/c1-11-6-4-8-13-12(11)7-5-9-16(13,2)15-14(17-3)10-19-18-15/h4,6,8,10,17H,5,7,9H2,1-3H3. The molecule has 1 unspecified atom stereocenters. The maximum Gasteiger partial charge on any atom is 0.147 e. The number of anilines is 1. The molecule has 3 nitrogen and oxygen atoms in total. The first kappa shape index (κ1) is 12.3. The summed E-state index contributed by atoms with van der Waals surface area (Å²) in [5, 5.41) is 7.46. The normalized spacial score (nSPS) is 22.1. The molecule has 1 aliphatic carbocycles. The van der Waals surface area contributed by atoms with Crippen molar-refractivity contribution in [3.05, 3.63) is 46.8 Å². The molecule has 3 heteroatoms. The smallest absolute Gasteiger partial charge is 0.147 e. The van der Waals surface area contributed by atoms with E-state index in [1.165, 1.54) is 29.5 Å². The number of rotatable bonds is 2. The van der Waals surface area contributed by atoms with Crippen LogP contribution in [0.15, 0.2) is 29.0 Å². The SMILES string of the molecule is CNc1conc1C1(C)CCCc2c(C)cccc21. The molecule has 1 aliphatic rings. The highest BCUT2D eigenvalue weighted by Gasteiger charge is 2.38. The van der Waals surface area contributed by atoms with Crippen LogP contribution in [0.3, 0.4) is 0 Å². The Balaban J connectivity index is 2.20. The zero-order valence-electron chi connectivity index (χ0n) is 11.8. The first-order valence-electron chi connectivity index (χ1n) is 6.88. The second-order valence-electron chi connectivity index (χ2n) is 5.61. The summed E-state index contributed by atoms with van der Waals surface area (Å²) in [4.78, 5) is 0. The third-order valence-electron chi connectivity index (χ3n) is 4.47. The molecular formula is C16H20N2O. The van der Waals surface area contributed by atoms with Crippen molar-refractivity contribution in [2.45, 2.75) is 38.5 Å². The van der Waals surface area contributed by atoms with Crippen molar-refractivity contribution < 1.29 is 4.52 Å². The van der Waals surface area contributed by atoms with E-state index in [1.807, 2.05) is 7.05 Å². The predicted molar refractivity (Wildman–Crippen MR) is 76.6 cm³/mol. The summed E-state index contributed by atoms with van der Waals surface area (Å²) in [5.74, 6) is 0. The average Bonchev–Trinajstić information content (AvgIpc) is 2.89. The Kier molecular flexibility index (Phi) is 2.85. The molecule has 100 valence electrons. The van der Waals surface area contributed by atoms with Gasteiger partial charge in [0.1, 0.15) is 12.0 Å². The molecule has 1 atom stereocenters. The fourth-order valence-corrected chi connectivity index (χ4v) is 3.36. The van der Waals surface area contributed by atoms with Crippen molar-refractivity contribution in [2.24, 2.45) is 0 Å². The molecule has 3 rings (SSSR count). The number of nitrogens with one attached hydrogen (secondary N) is 1. The molecule has 0 aliphatic heterocycles. The zero-order chi connectivity index (χ0) is 13.5. The zero-order valence-corrected chi connectivity index (χ0v) is 11.8. The van der Waals surface area contributed by atoms with Crippen molar-refractivity contribution in [1.29, 1.82) is 0 Å². The van der Waals surface area contributed by atoms with Gasteiger partial charge < -0.3 is 9.84 Å². The van der Waals surface area contributed by atoms with E-state index >= 15 is 0 Å². The first-order valence-corrected chi connectivity index (χ1v) is 6.88. The van der Waals surface area contributed by atoms with E-state index in [9.17, 15) is 0 Å². The van der Waals surface area contributed by atoms with Gasteiger partial charge in [0.2, 0.25) is 0 Å². The maximum atomic E-state index is 5.19. The second-order valence-corrected chi connectivity index (χ2v) is 5.61. The van der Waals surface area contributed by atoms with Crippen LogP contribution in [-0.2, 0) is 11.8 Å². The lowest BCUT2D eigenvalue weighted by Gasteiger charge is -2.35. The van der Waals surface area contributed by atoms with Crippen molar-refractivity contribution in [3.63, 3.8) is 0 Å². The minimum atomic E-state index is -0.0506. The van der Waals surface area contributed by atoms with Crippen LogP contribution in [-0.4, -0.2) is 12.2 Å². The van der Waals surface area contributed by atoms with E-state index in [2.05, 4.69) is 42.5 Å². The van der Waals surface area contributed by atoms with Crippen LogP contribution < -0.4 is 5.32 Å². The summed E-state index contributed by atoms with van der Waals surface area (Å²) in [5.41, 5.74) is 6.26. The fourth-order valence-electron chi connectivity index (χ4n) is 3.36. The molecule has 1 aromatic carbocycles. The Labute approximate surface area is 114 Å². The van der Waals surface area contributed by atoms with Gasteiger partial charge in [-0.15, -0.1) is 0 Å². The largest absolute Gasteiger partial charge is 0.384 e. The van der Waals surface area contributed by atoms with Gasteiger partial charge in [-0.3, -0.25) is 0 Å². The summed E-state index contributed by atoms with van der Waals surface area (Å²) < 4.78 is 5.19. The van der Waals surface area contributed by atoms with Crippen LogP contribution >= 0.6 is 0 Å². The topological polar surface area (TPSA) is 38.1 Å². The van der Waals surface area contributed by atoms with Crippen molar-refractivity contribution in [2.75, 3.05) is 12.4 Å². The Morgan fingerprint density at radius 3 is 3.00 bits per heavy atom. The number of hydrogen-bond acceptors (Lipinski definition) is 3. The highest BCUT2D eigenvalue weighted by molar-refractivity contribution is 5.55. The minimum absolute atomic E-state index is 0.0506. The monoisotopic (exact) mass is 256 g/mol. The van der Waals surface area contributed by atoms with Crippen LogP contribution in [0.25, 0.3) is 0 Å². The first-order chi connectivity index (χ1) is 9.16. The molecule has 0 amide bonds. The maximum absolute atomic E-state index is 5.19. The predicted octanol–water partition coefficient (Wildman–Crippen LogP) is 3.67. The van der Waals surface area contributed by atoms with E-state index in [1.54, 1.807) is 6.26 Å². The van der Waals surface area contributed by atoms with Crippen LogP contribution in [0.5, 0.6) is 0 Å². The second kappa shape index (κ2) is 4.41. The van der Waals surface area contributed by atoms with Gasteiger partial charge in [0.25, 0.3) is 0 Å². The highest BCUT2D eigenvalue weighted by atomic mass is 16.5. The Morgan fingerprint density at radius 2 is 2.21 bits per heavy atom. The molecule has 2 aromatic rings. The van der Waals surface area contributed by atoms with Gasteiger partial charge in [0.05, 0.1) is 5.69 Å². The van der Waals surface area contributed by atoms with E-state index in [0.29, 0.717) is 0 Å². The molecule has 0 fully saturated rings. The molecule has 0 saturated heterocycles. The van der Waals surface area contributed by atoms with Gasteiger partial charge in [-0.05, 0) is 49.8 Å². The number of aryl methyl sites for hydroxylation is 1. The minimum Gasteiger partial charge on any atom is -0.384 e. The van der Waals surface area contributed by atoms with Crippen molar-refractivity contribution in [3.8, 4) is 0 Å². The highest BCUT2D eigenvalue weighted by Crippen LogP contribution is 2.44. The number of fused-ring (bicyclic) bond motifs is 1. The summed E-state index contributed by atoms with van der Waals surface area (Å²) >= 11 is 0. The lowest BCUT2D eigenvalue weighted by atomic mass is 9.68. The van der Waals surface area contributed by atoms with Crippen LogP contribution in [0.2, 0.25) is 0 Å². The van der Waals surface area contributed by atoms with E-state index in [0.717, 1.165) is 17.8 Å². The van der Waals surface area contributed by atoms with E-state index in [-0.39, 0.29) is 5.41 Å². The number of benzene rings is 1. The van der Waals surface area contributed by atoms with Gasteiger partial charge in [0, 0.05) is 12.5 Å². The lowest BCUT2D eigenvalue weighted by Crippen LogP contribution is -2.30. The molecule has 1 heterocycles. The number of hydrogen-bond donors (Lipinski definition) is 1. The molecule has 0 spiro atoms. The summed E-state index contributed by atoms with van der Waals surface area (Å²) in [6.07, 6.45) is 5.18. The molecule has 1 N–H and O–H groups in total. The van der Waals surface area contributed by atoms with Gasteiger partial charge >= 0.3 is 0 Å². The van der Waals surface area contributed by atoms with E-state index in [4.69, 9.17) is 4.52 Å². The van der Waals surface area contributed by atoms with Gasteiger partial charge in [-0.2, -0.15) is 0 Å². The lowest BCUT2D eigenvalue weighted by molar-refractivity contribution is 0.375. The number of nitrogens with zero attached hydrogens (tertiary/aromatic N) is 1. The Hall–Kier alpha value is -1.77. The van der Waals surface area contributed by atoms with E-state index < -0.39 is 0 Å². The molecule has 0 saturated carbocycles. The fraction of sp³-hybridized carbons (Fsp3) is 0.438. The molecule has 19 heavy (non-hydrogen) atoms. The van der Waals surface area contributed by atoms with Gasteiger partial charge in [-0.25, -0.2) is 0 Å². The summed E-state index contributed by atoms with van der Waals surface area (Å²) in [6.45, 7) is 4.48. The summed E-state index contributed by atoms with van der Waals surface area (Å²) in [6, 6.07) is 6.60. The average molecular weight is 256 g/mol. The van der Waals surface area contributed by atoms with Gasteiger partial charge in [-0.1, -0.05) is 23.4 Å². The quantitative estimate of drug-likeness (QED) is 0.891. The van der Waals surface area contributed by atoms with Crippen LogP contribution in [0, 0.1) is 6.92 Å². The number of aromatic nitrogens is 1. The Bertz CT molecular complexity index is 603. The van der Waals surface area contributed by atoms with Crippen LogP contribution in [0.4, 0.5) is 5.69 Å². The van der Waals surface area contributed by atoms with Crippen molar-refractivity contribution >= 4 is 5.69 Å². The molecule has 0 radical (unpaired) electrons. The third kappa shape index (κ3) is 1.76. The molecule has 0 bridgehead atoms.